The molecule has 0 unspecified atom stereocenters. The van der Waals surface area contributed by atoms with E-state index in [1.165, 1.54) is 12.8 Å². The number of nitrogens with one attached hydrogen (secondary N) is 1. The molecule has 1 saturated carbocycles. The highest BCUT2D eigenvalue weighted by Crippen LogP contribution is 2.30. The molecule has 0 amide bonds. The summed E-state index contributed by atoms with van der Waals surface area (Å²) in [5.41, 5.74) is 0. The number of sulfonamides is 1. The Morgan fingerprint density at radius 1 is 1.42 bits per heavy atom. The van der Waals surface area contributed by atoms with Crippen molar-refractivity contribution in [2.24, 2.45) is 5.92 Å². The molecule has 2 rings (SSSR count). The molecule has 0 radical (unpaired) electrons. The Balaban J connectivity index is 2.00. The summed E-state index contributed by atoms with van der Waals surface area (Å²) in [6, 6.07) is 0. The van der Waals surface area contributed by atoms with Crippen LogP contribution < -0.4 is 5.32 Å². The summed E-state index contributed by atoms with van der Waals surface area (Å²) in [7, 11) is -2.96. The fourth-order valence-electron chi connectivity index (χ4n) is 1.43. The van der Waals surface area contributed by atoms with E-state index in [0.29, 0.717) is 12.5 Å². The Kier molecular flexibility index (Phi) is 2.10. The lowest BCUT2D eigenvalue weighted by Gasteiger charge is -2.26. The molecule has 1 saturated heterocycles. The summed E-state index contributed by atoms with van der Waals surface area (Å²) in [4.78, 5) is 0. The Morgan fingerprint density at radius 3 is 2.75 bits per heavy atom. The predicted octanol–water partition coefficient (Wildman–Crippen LogP) is -0.411. The van der Waals surface area contributed by atoms with Crippen molar-refractivity contribution >= 4 is 10.0 Å². The topological polar surface area (TPSA) is 49.4 Å². The largest absolute Gasteiger partial charge is 0.301 e. The summed E-state index contributed by atoms with van der Waals surface area (Å²) in [5.74, 6) is 0.776. The molecule has 2 aliphatic rings. The summed E-state index contributed by atoms with van der Waals surface area (Å²) in [5, 5.41) is 2.87. The van der Waals surface area contributed by atoms with Gasteiger partial charge in [-0.3, -0.25) is 0 Å². The van der Waals surface area contributed by atoms with Crippen molar-refractivity contribution in [2.45, 2.75) is 12.8 Å². The van der Waals surface area contributed by atoms with Gasteiger partial charge in [-0.1, -0.05) is 0 Å². The minimum atomic E-state index is -2.96. The van der Waals surface area contributed by atoms with Crippen LogP contribution in [-0.4, -0.2) is 38.2 Å². The monoisotopic (exact) mass is 190 g/mol. The van der Waals surface area contributed by atoms with Crippen LogP contribution in [0.5, 0.6) is 0 Å². The number of hydrogen-bond acceptors (Lipinski definition) is 3. The average molecular weight is 190 g/mol. The fraction of sp³-hybridized carbons (Fsp3) is 1.00. The lowest BCUT2D eigenvalue weighted by Crippen LogP contribution is -2.48. The molecule has 4 nitrogen and oxygen atoms in total. The molecule has 0 atom stereocenters. The molecule has 0 aromatic rings. The zero-order valence-corrected chi connectivity index (χ0v) is 7.81. The molecule has 1 aliphatic heterocycles. The Labute approximate surface area is 73.0 Å². The van der Waals surface area contributed by atoms with Crippen LogP contribution in [0.25, 0.3) is 0 Å². The van der Waals surface area contributed by atoms with Crippen molar-refractivity contribution < 1.29 is 8.42 Å². The lowest BCUT2D eigenvalue weighted by molar-refractivity contribution is 0.372. The summed E-state index contributed by atoms with van der Waals surface area (Å²) >= 11 is 0. The maximum Gasteiger partial charge on any atom is 0.227 e. The van der Waals surface area contributed by atoms with Gasteiger partial charge in [0.1, 0.15) is 5.88 Å². The van der Waals surface area contributed by atoms with Gasteiger partial charge < -0.3 is 5.32 Å². The van der Waals surface area contributed by atoms with Crippen molar-refractivity contribution in [3.05, 3.63) is 0 Å². The zero-order chi connectivity index (χ0) is 8.60. The molecule has 1 heterocycles. The molecular formula is C7H14N2O2S. The first-order chi connectivity index (χ1) is 5.68. The van der Waals surface area contributed by atoms with Crippen molar-refractivity contribution in [3.8, 4) is 0 Å². The Morgan fingerprint density at radius 2 is 2.17 bits per heavy atom. The van der Waals surface area contributed by atoms with Gasteiger partial charge >= 0.3 is 0 Å². The normalized spacial score (nSPS) is 30.3. The van der Waals surface area contributed by atoms with Crippen molar-refractivity contribution in [1.82, 2.24) is 9.62 Å². The minimum absolute atomic E-state index is 0.125. The van der Waals surface area contributed by atoms with Gasteiger partial charge in [-0.05, 0) is 18.8 Å². The van der Waals surface area contributed by atoms with Crippen LogP contribution in [0, 0.1) is 5.92 Å². The lowest BCUT2D eigenvalue weighted by atomic mass is 10.4. The number of nitrogens with zero attached hydrogens (tertiary/aromatic N) is 1. The Hall–Kier alpha value is -0.130. The van der Waals surface area contributed by atoms with Gasteiger partial charge in [0.05, 0.1) is 0 Å². The third kappa shape index (κ3) is 1.78. The standard InChI is InChI=1S/C7H14N2O2S/c10-12(11)6-8-3-4-9(12)5-7-1-2-7/h7-8H,1-6H2. The SMILES string of the molecule is O=S1(=O)CNCCN1CC1CC1. The van der Waals surface area contributed by atoms with E-state index < -0.39 is 10.0 Å². The predicted molar refractivity (Wildman–Crippen MR) is 46.1 cm³/mol. The van der Waals surface area contributed by atoms with Crippen molar-refractivity contribution in [2.75, 3.05) is 25.5 Å². The highest BCUT2D eigenvalue weighted by atomic mass is 32.2. The molecule has 2 fully saturated rings. The highest BCUT2D eigenvalue weighted by Gasteiger charge is 2.31. The molecule has 70 valence electrons. The first-order valence-electron chi connectivity index (χ1n) is 4.37. The smallest absolute Gasteiger partial charge is 0.227 e. The molecular weight excluding hydrogens is 176 g/mol. The maximum absolute atomic E-state index is 11.4. The molecule has 5 heteroatoms. The first-order valence-corrected chi connectivity index (χ1v) is 5.98. The second-order valence-electron chi connectivity index (χ2n) is 3.56. The van der Waals surface area contributed by atoms with E-state index in [-0.39, 0.29) is 5.88 Å². The third-order valence-corrected chi connectivity index (χ3v) is 4.06. The van der Waals surface area contributed by atoms with Crippen LogP contribution >= 0.6 is 0 Å². The quantitative estimate of drug-likeness (QED) is 0.644. The molecule has 0 bridgehead atoms. The maximum atomic E-state index is 11.4. The van der Waals surface area contributed by atoms with Gasteiger partial charge in [0.15, 0.2) is 0 Å². The van der Waals surface area contributed by atoms with Gasteiger partial charge in [0, 0.05) is 19.6 Å². The van der Waals surface area contributed by atoms with E-state index >= 15 is 0 Å². The van der Waals surface area contributed by atoms with Gasteiger partial charge in [-0.25, -0.2) is 8.42 Å². The molecule has 0 spiro atoms. The highest BCUT2D eigenvalue weighted by molar-refractivity contribution is 7.89. The second-order valence-corrected chi connectivity index (χ2v) is 5.53. The van der Waals surface area contributed by atoms with Gasteiger partial charge in [0.25, 0.3) is 0 Å². The van der Waals surface area contributed by atoms with Crippen LogP contribution in [-0.2, 0) is 10.0 Å². The number of rotatable bonds is 2. The zero-order valence-electron chi connectivity index (χ0n) is 6.99. The molecule has 0 aromatic heterocycles. The van der Waals surface area contributed by atoms with Gasteiger partial charge in [-0.2, -0.15) is 4.31 Å². The van der Waals surface area contributed by atoms with E-state index in [4.69, 9.17) is 0 Å². The van der Waals surface area contributed by atoms with Gasteiger partial charge in [0.2, 0.25) is 10.0 Å². The van der Waals surface area contributed by atoms with Crippen molar-refractivity contribution in [3.63, 3.8) is 0 Å². The van der Waals surface area contributed by atoms with Crippen LogP contribution in [0.2, 0.25) is 0 Å². The third-order valence-electron chi connectivity index (χ3n) is 2.37. The average Bonchev–Trinajstić information content (AvgIpc) is 2.77. The summed E-state index contributed by atoms with van der Waals surface area (Å²) in [6.45, 7) is 2.20. The first kappa shape index (κ1) is 8.47. The molecule has 1 N–H and O–H groups in total. The van der Waals surface area contributed by atoms with E-state index in [0.717, 1.165) is 13.1 Å². The van der Waals surface area contributed by atoms with E-state index in [1.54, 1.807) is 4.31 Å². The molecule has 1 aliphatic carbocycles. The molecule has 12 heavy (non-hydrogen) atoms. The van der Waals surface area contributed by atoms with Crippen molar-refractivity contribution in [1.29, 1.82) is 0 Å². The van der Waals surface area contributed by atoms with Crippen LogP contribution in [0.1, 0.15) is 12.8 Å². The van der Waals surface area contributed by atoms with E-state index in [2.05, 4.69) is 5.32 Å². The van der Waals surface area contributed by atoms with Gasteiger partial charge in [-0.15, -0.1) is 0 Å². The van der Waals surface area contributed by atoms with E-state index in [9.17, 15) is 8.42 Å². The summed E-state index contributed by atoms with van der Waals surface area (Å²) < 4.78 is 24.4. The summed E-state index contributed by atoms with van der Waals surface area (Å²) in [6.07, 6.45) is 2.42. The Bertz CT molecular complexity index is 259. The van der Waals surface area contributed by atoms with E-state index in [1.807, 2.05) is 0 Å². The fourth-order valence-corrected chi connectivity index (χ4v) is 2.82. The molecule has 0 aromatic carbocycles. The van der Waals surface area contributed by atoms with Crippen LogP contribution in [0.15, 0.2) is 0 Å². The van der Waals surface area contributed by atoms with Crippen LogP contribution in [0.3, 0.4) is 0 Å². The van der Waals surface area contributed by atoms with Crippen LogP contribution in [0.4, 0.5) is 0 Å². The second kappa shape index (κ2) is 2.97. The number of hydrogen-bond donors (Lipinski definition) is 1. The minimum Gasteiger partial charge on any atom is -0.301 e.